The van der Waals surface area contributed by atoms with Crippen LogP contribution in [0.1, 0.15) is 29.4 Å². The van der Waals surface area contributed by atoms with Crippen molar-refractivity contribution in [2.24, 2.45) is 0 Å². The van der Waals surface area contributed by atoms with Gasteiger partial charge in [-0.25, -0.2) is 4.98 Å². The lowest BCUT2D eigenvalue weighted by molar-refractivity contribution is 0.114. The van der Waals surface area contributed by atoms with Gasteiger partial charge in [-0.15, -0.1) is 11.3 Å². The van der Waals surface area contributed by atoms with Gasteiger partial charge in [0.2, 0.25) is 0 Å². The number of ether oxygens (including phenoxy) is 1. The van der Waals surface area contributed by atoms with Gasteiger partial charge in [-0.2, -0.15) is 5.26 Å². The van der Waals surface area contributed by atoms with E-state index < -0.39 is 0 Å². The maximum atomic E-state index is 9.49. The summed E-state index contributed by atoms with van der Waals surface area (Å²) in [7, 11) is 0. The van der Waals surface area contributed by atoms with Crippen molar-refractivity contribution in [2.75, 3.05) is 12.3 Å². The number of nitriles is 1. The van der Waals surface area contributed by atoms with Gasteiger partial charge in [-0.3, -0.25) is 0 Å². The average molecular weight is 337 g/mol. The van der Waals surface area contributed by atoms with Crippen molar-refractivity contribution >= 4 is 17.2 Å². The Bertz CT molecular complexity index is 903. The summed E-state index contributed by atoms with van der Waals surface area (Å²) in [5.74, 6) is 0.844. The second kappa shape index (κ2) is 6.11. The summed E-state index contributed by atoms with van der Waals surface area (Å²) in [4.78, 5) is 6.47. The van der Waals surface area contributed by atoms with Crippen molar-refractivity contribution < 1.29 is 9.15 Å². The highest BCUT2D eigenvalue weighted by atomic mass is 32.1. The number of pyridine rings is 1. The normalized spacial score (nSPS) is 17.0. The first-order chi connectivity index (χ1) is 11.8. The summed E-state index contributed by atoms with van der Waals surface area (Å²) >= 11 is 1.64. The van der Waals surface area contributed by atoms with E-state index in [1.807, 2.05) is 18.2 Å². The molecule has 3 aromatic heterocycles. The molecule has 0 saturated carbocycles. The third kappa shape index (κ3) is 2.58. The number of thiophene rings is 1. The molecule has 24 heavy (non-hydrogen) atoms. The van der Waals surface area contributed by atoms with E-state index in [1.165, 1.54) is 4.88 Å². The van der Waals surface area contributed by atoms with Crippen LogP contribution in [-0.4, -0.2) is 11.6 Å². The van der Waals surface area contributed by atoms with Gasteiger partial charge in [0.1, 0.15) is 23.1 Å². The van der Waals surface area contributed by atoms with Crippen LogP contribution in [0.5, 0.6) is 0 Å². The van der Waals surface area contributed by atoms with Crippen molar-refractivity contribution in [1.82, 2.24) is 4.98 Å². The minimum atomic E-state index is 0.165. The fourth-order valence-corrected chi connectivity index (χ4v) is 4.01. The van der Waals surface area contributed by atoms with Crippen molar-refractivity contribution in [3.8, 4) is 28.0 Å². The smallest absolute Gasteiger partial charge is 0.152 e. The molecule has 0 radical (unpaired) electrons. The molecular formula is C18H15N3O2S. The topological polar surface area (TPSA) is 85.1 Å². The quantitative estimate of drug-likeness (QED) is 0.767. The minimum absolute atomic E-state index is 0.165. The van der Waals surface area contributed by atoms with Gasteiger partial charge in [-0.05, 0) is 43.2 Å². The molecule has 5 nitrogen and oxygen atoms in total. The standard InChI is InChI=1S/C18H15N3O2S/c19-10-12-11(9-13(21-18(12)20)14-3-1-7-22-14)16-5-6-17(24-16)15-4-2-8-23-15/h1,3,5-7,9,15H,2,4,8H2,(H2,20,21)/t15-/m1/s1. The molecule has 0 aliphatic carbocycles. The Labute approximate surface area is 143 Å². The number of anilines is 1. The Kier molecular flexibility index (Phi) is 3.81. The highest BCUT2D eigenvalue weighted by Crippen LogP contribution is 2.39. The fraction of sp³-hybridized carbons (Fsp3) is 0.222. The van der Waals surface area contributed by atoms with Crippen LogP contribution in [0.15, 0.2) is 41.0 Å². The number of hydrogen-bond donors (Lipinski definition) is 1. The molecule has 1 fully saturated rings. The molecule has 1 atom stereocenters. The molecule has 0 aromatic carbocycles. The van der Waals surface area contributed by atoms with E-state index in [4.69, 9.17) is 14.9 Å². The number of nitrogen functional groups attached to an aromatic ring is 1. The maximum absolute atomic E-state index is 9.49. The van der Waals surface area contributed by atoms with E-state index in [1.54, 1.807) is 23.7 Å². The van der Waals surface area contributed by atoms with Gasteiger partial charge in [0.25, 0.3) is 0 Å². The van der Waals surface area contributed by atoms with Crippen LogP contribution in [0.3, 0.4) is 0 Å². The third-order valence-electron chi connectivity index (χ3n) is 4.07. The number of nitrogens with zero attached hydrogens (tertiary/aromatic N) is 2. The van der Waals surface area contributed by atoms with E-state index in [0.29, 0.717) is 17.0 Å². The summed E-state index contributed by atoms with van der Waals surface area (Å²) < 4.78 is 11.2. The lowest BCUT2D eigenvalue weighted by Crippen LogP contribution is -1.98. The first-order valence-corrected chi connectivity index (χ1v) is 8.54. The van der Waals surface area contributed by atoms with Gasteiger partial charge >= 0.3 is 0 Å². The van der Waals surface area contributed by atoms with Gasteiger partial charge in [0.15, 0.2) is 5.76 Å². The maximum Gasteiger partial charge on any atom is 0.152 e. The second-order valence-corrected chi connectivity index (χ2v) is 6.72. The van der Waals surface area contributed by atoms with Crippen LogP contribution in [0.4, 0.5) is 5.82 Å². The number of nitrogens with two attached hydrogens (primary N) is 1. The van der Waals surface area contributed by atoms with E-state index in [9.17, 15) is 5.26 Å². The molecule has 3 aromatic rings. The highest BCUT2D eigenvalue weighted by molar-refractivity contribution is 7.15. The predicted octanol–water partition coefficient (Wildman–Crippen LogP) is 4.38. The zero-order valence-corrected chi connectivity index (χ0v) is 13.7. The Hall–Kier alpha value is -2.62. The van der Waals surface area contributed by atoms with Crippen LogP contribution >= 0.6 is 11.3 Å². The summed E-state index contributed by atoms with van der Waals surface area (Å²) in [6.45, 7) is 0.812. The van der Waals surface area contributed by atoms with Gasteiger partial charge in [0.05, 0.1) is 12.4 Å². The van der Waals surface area contributed by atoms with Crippen LogP contribution in [0.25, 0.3) is 21.9 Å². The SMILES string of the molecule is N#Cc1c(-c2ccc([C@H]3CCCO3)s2)cc(-c2ccco2)nc1N. The molecule has 0 spiro atoms. The number of hydrogen-bond acceptors (Lipinski definition) is 6. The fourth-order valence-electron chi connectivity index (χ4n) is 2.90. The Morgan fingerprint density at radius 2 is 2.25 bits per heavy atom. The summed E-state index contributed by atoms with van der Waals surface area (Å²) in [6, 6.07) is 11.7. The van der Waals surface area contributed by atoms with E-state index >= 15 is 0 Å². The van der Waals surface area contributed by atoms with E-state index in [-0.39, 0.29) is 11.9 Å². The molecular weight excluding hydrogens is 322 g/mol. The molecule has 2 N–H and O–H groups in total. The molecule has 4 heterocycles. The van der Waals surface area contributed by atoms with Crippen molar-refractivity contribution in [3.05, 3.63) is 47.0 Å². The predicted molar refractivity (Wildman–Crippen MR) is 92.3 cm³/mol. The molecule has 4 rings (SSSR count). The number of rotatable bonds is 3. The molecule has 1 aliphatic heterocycles. The zero-order valence-electron chi connectivity index (χ0n) is 12.9. The first kappa shape index (κ1) is 14.9. The molecule has 0 bridgehead atoms. The second-order valence-electron chi connectivity index (χ2n) is 5.61. The van der Waals surface area contributed by atoms with Crippen LogP contribution in [-0.2, 0) is 4.74 Å². The average Bonchev–Trinajstić information content (AvgIpc) is 3.35. The molecule has 120 valence electrons. The lowest BCUT2D eigenvalue weighted by Gasteiger charge is -2.08. The summed E-state index contributed by atoms with van der Waals surface area (Å²) in [6.07, 6.45) is 3.89. The Morgan fingerprint density at radius 1 is 1.33 bits per heavy atom. The van der Waals surface area contributed by atoms with Crippen LogP contribution in [0.2, 0.25) is 0 Å². The van der Waals surface area contributed by atoms with Crippen LogP contribution in [0, 0.1) is 11.3 Å². The zero-order chi connectivity index (χ0) is 16.5. The van der Waals surface area contributed by atoms with Crippen molar-refractivity contribution in [1.29, 1.82) is 5.26 Å². The largest absolute Gasteiger partial charge is 0.463 e. The molecule has 0 unspecified atom stereocenters. The molecule has 1 saturated heterocycles. The Morgan fingerprint density at radius 3 is 2.96 bits per heavy atom. The van der Waals surface area contributed by atoms with Crippen molar-refractivity contribution in [2.45, 2.75) is 18.9 Å². The molecule has 6 heteroatoms. The summed E-state index contributed by atoms with van der Waals surface area (Å²) in [5.41, 5.74) is 7.81. The highest BCUT2D eigenvalue weighted by Gasteiger charge is 2.21. The Balaban J connectivity index is 1.80. The number of aromatic nitrogens is 1. The van der Waals surface area contributed by atoms with Crippen molar-refractivity contribution in [3.63, 3.8) is 0 Å². The monoisotopic (exact) mass is 337 g/mol. The number of furan rings is 1. The minimum Gasteiger partial charge on any atom is -0.463 e. The van der Waals surface area contributed by atoms with Gasteiger partial charge in [-0.1, -0.05) is 0 Å². The lowest BCUT2D eigenvalue weighted by atomic mass is 10.1. The van der Waals surface area contributed by atoms with E-state index in [0.717, 1.165) is 29.9 Å². The van der Waals surface area contributed by atoms with E-state index in [2.05, 4.69) is 17.1 Å². The van der Waals surface area contributed by atoms with Gasteiger partial charge < -0.3 is 14.9 Å². The first-order valence-electron chi connectivity index (χ1n) is 7.72. The molecule has 0 amide bonds. The molecule has 1 aliphatic rings. The summed E-state index contributed by atoms with van der Waals surface area (Å²) in [5, 5.41) is 9.49. The van der Waals surface area contributed by atoms with Crippen LogP contribution < -0.4 is 5.73 Å². The third-order valence-corrected chi connectivity index (χ3v) is 5.28. The van der Waals surface area contributed by atoms with Gasteiger partial charge in [0, 0.05) is 21.9 Å².